The molecule has 0 unspecified atom stereocenters. The lowest BCUT2D eigenvalue weighted by Crippen LogP contribution is -2.19. The third-order valence-corrected chi connectivity index (χ3v) is 3.82. The van der Waals surface area contributed by atoms with Crippen LogP contribution in [0, 0.1) is 0 Å². The van der Waals surface area contributed by atoms with E-state index < -0.39 is 12.8 Å². The third kappa shape index (κ3) is 5.07. The third-order valence-electron chi connectivity index (χ3n) is 3.58. The van der Waals surface area contributed by atoms with Gasteiger partial charge in [-0.1, -0.05) is 28.9 Å². The van der Waals surface area contributed by atoms with Gasteiger partial charge in [0.25, 0.3) is 0 Å². The second-order valence-electron chi connectivity index (χ2n) is 5.61. The van der Waals surface area contributed by atoms with Gasteiger partial charge in [-0.2, -0.15) is 18.2 Å². The number of halogens is 4. The van der Waals surface area contributed by atoms with Crippen LogP contribution in [-0.4, -0.2) is 30.0 Å². The van der Waals surface area contributed by atoms with Gasteiger partial charge < -0.3 is 19.3 Å². The minimum absolute atomic E-state index is 0.0331. The summed E-state index contributed by atoms with van der Waals surface area (Å²) >= 11 is 5.84. The largest absolute Gasteiger partial charge is 0.496 e. The quantitative estimate of drug-likeness (QED) is 0.591. The molecule has 10 heteroatoms. The molecule has 0 radical (unpaired) electrons. The van der Waals surface area contributed by atoms with Gasteiger partial charge >= 0.3 is 6.18 Å². The van der Waals surface area contributed by atoms with E-state index >= 15 is 0 Å². The minimum atomic E-state index is -4.46. The predicted octanol–water partition coefficient (Wildman–Crippen LogP) is 4.95. The SMILES string of the molecule is COc1ccccc1-c1noc(CNc2ccc(Cl)cc2OCC(F)(F)F)n1. The first kappa shape index (κ1) is 19.8. The van der Waals surface area contributed by atoms with E-state index in [1.54, 1.807) is 12.1 Å². The number of hydrogen-bond donors (Lipinski definition) is 1. The van der Waals surface area contributed by atoms with Crippen LogP contribution in [0.1, 0.15) is 5.89 Å². The van der Waals surface area contributed by atoms with Crippen LogP contribution < -0.4 is 14.8 Å². The number of ether oxygens (including phenoxy) is 2. The first-order valence-corrected chi connectivity index (χ1v) is 8.42. The summed E-state index contributed by atoms with van der Waals surface area (Å²) in [5.74, 6) is 1.12. The Morgan fingerprint density at radius 2 is 1.93 bits per heavy atom. The maximum absolute atomic E-state index is 12.4. The van der Waals surface area contributed by atoms with E-state index in [9.17, 15) is 13.2 Å². The van der Waals surface area contributed by atoms with Crippen molar-refractivity contribution < 1.29 is 27.2 Å². The van der Waals surface area contributed by atoms with Gasteiger partial charge in [-0.05, 0) is 24.3 Å². The number of nitrogens with one attached hydrogen (secondary N) is 1. The van der Waals surface area contributed by atoms with Gasteiger partial charge in [-0.25, -0.2) is 0 Å². The van der Waals surface area contributed by atoms with Crippen molar-refractivity contribution in [2.75, 3.05) is 19.0 Å². The predicted molar refractivity (Wildman–Crippen MR) is 96.6 cm³/mol. The fourth-order valence-electron chi connectivity index (χ4n) is 2.36. The number of aromatic nitrogens is 2. The molecule has 0 amide bonds. The fourth-order valence-corrected chi connectivity index (χ4v) is 2.52. The molecule has 0 bridgehead atoms. The molecule has 0 aliphatic heterocycles. The molecule has 1 N–H and O–H groups in total. The summed E-state index contributed by atoms with van der Waals surface area (Å²) in [6.45, 7) is -1.35. The van der Waals surface area contributed by atoms with Crippen LogP contribution >= 0.6 is 11.6 Å². The molecule has 3 rings (SSSR count). The van der Waals surface area contributed by atoms with Crippen LogP contribution in [0.3, 0.4) is 0 Å². The summed E-state index contributed by atoms with van der Waals surface area (Å²) in [5.41, 5.74) is 0.964. The smallest absolute Gasteiger partial charge is 0.422 e. The molecule has 1 aromatic heterocycles. The van der Waals surface area contributed by atoms with Gasteiger partial charge in [0.05, 0.1) is 24.9 Å². The van der Waals surface area contributed by atoms with Crippen molar-refractivity contribution in [1.29, 1.82) is 0 Å². The molecule has 3 aromatic rings. The van der Waals surface area contributed by atoms with Crippen LogP contribution in [0.2, 0.25) is 5.02 Å². The summed E-state index contributed by atoms with van der Waals surface area (Å²) < 4.78 is 52.6. The zero-order valence-corrected chi connectivity index (χ0v) is 15.3. The highest BCUT2D eigenvalue weighted by Crippen LogP contribution is 2.31. The summed E-state index contributed by atoms with van der Waals surface area (Å²) in [6, 6.07) is 11.5. The lowest BCUT2D eigenvalue weighted by molar-refractivity contribution is -0.153. The summed E-state index contributed by atoms with van der Waals surface area (Å²) in [4.78, 5) is 4.27. The normalized spacial score (nSPS) is 11.3. The molecule has 28 heavy (non-hydrogen) atoms. The highest BCUT2D eigenvalue weighted by Gasteiger charge is 2.29. The average Bonchev–Trinajstić information content (AvgIpc) is 3.13. The number of alkyl halides is 3. The summed E-state index contributed by atoms with van der Waals surface area (Å²) in [6.07, 6.45) is -4.46. The van der Waals surface area contributed by atoms with Crippen LogP contribution in [0.25, 0.3) is 11.4 Å². The highest BCUT2D eigenvalue weighted by atomic mass is 35.5. The van der Waals surface area contributed by atoms with Crippen LogP contribution in [-0.2, 0) is 6.54 Å². The Balaban J connectivity index is 1.72. The Bertz CT molecular complexity index is 947. The zero-order chi connectivity index (χ0) is 20.1. The van der Waals surface area contributed by atoms with Crippen molar-refractivity contribution in [2.45, 2.75) is 12.7 Å². The monoisotopic (exact) mass is 413 g/mol. The first-order chi connectivity index (χ1) is 13.4. The van der Waals surface area contributed by atoms with E-state index in [0.29, 0.717) is 22.8 Å². The number of hydrogen-bond acceptors (Lipinski definition) is 6. The molecule has 148 valence electrons. The van der Waals surface area contributed by atoms with Crippen molar-refractivity contribution >= 4 is 17.3 Å². The molecular weight excluding hydrogens is 399 g/mol. The Hall–Kier alpha value is -2.94. The second kappa shape index (κ2) is 8.39. The number of methoxy groups -OCH3 is 1. The number of benzene rings is 2. The Morgan fingerprint density at radius 1 is 1.14 bits per heavy atom. The van der Waals surface area contributed by atoms with Gasteiger partial charge in [0.2, 0.25) is 11.7 Å². The molecule has 1 heterocycles. The van der Waals surface area contributed by atoms with E-state index in [4.69, 9.17) is 25.6 Å². The number of rotatable bonds is 7. The molecule has 0 fully saturated rings. The van der Waals surface area contributed by atoms with Crippen molar-refractivity contribution in [3.8, 4) is 22.9 Å². The second-order valence-corrected chi connectivity index (χ2v) is 6.05. The molecule has 0 saturated carbocycles. The lowest BCUT2D eigenvalue weighted by Gasteiger charge is -2.14. The maximum Gasteiger partial charge on any atom is 0.422 e. The van der Waals surface area contributed by atoms with Gasteiger partial charge in [-0.15, -0.1) is 0 Å². The molecule has 6 nitrogen and oxygen atoms in total. The highest BCUT2D eigenvalue weighted by molar-refractivity contribution is 6.30. The van der Waals surface area contributed by atoms with Crippen molar-refractivity contribution in [2.24, 2.45) is 0 Å². The van der Waals surface area contributed by atoms with Crippen LogP contribution in [0.15, 0.2) is 47.0 Å². The number of para-hydroxylation sites is 1. The number of nitrogens with zero attached hydrogens (tertiary/aromatic N) is 2. The van der Waals surface area contributed by atoms with Crippen LogP contribution in [0.5, 0.6) is 11.5 Å². The fraction of sp³-hybridized carbons (Fsp3) is 0.222. The van der Waals surface area contributed by atoms with Crippen molar-refractivity contribution in [3.05, 3.63) is 53.4 Å². The van der Waals surface area contributed by atoms with E-state index in [1.807, 2.05) is 12.1 Å². The molecule has 0 atom stereocenters. The van der Waals surface area contributed by atoms with E-state index in [0.717, 1.165) is 0 Å². The molecule has 0 aliphatic rings. The van der Waals surface area contributed by atoms with Gasteiger partial charge in [-0.3, -0.25) is 0 Å². The maximum atomic E-state index is 12.4. The van der Waals surface area contributed by atoms with E-state index in [1.165, 1.54) is 25.3 Å². The molecule has 0 spiro atoms. The Morgan fingerprint density at radius 3 is 2.68 bits per heavy atom. The van der Waals surface area contributed by atoms with Crippen LogP contribution in [0.4, 0.5) is 18.9 Å². The average molecular weight is 414 g/mol. The summed E-state index contributed by atoms with van der Waals surface area (Å²) in [7, 11) is 1.53. The Labute approximate surface area is 163 Å². The molecular formula is C18H15ClF3N3O3. The van der Waals surface area contributed by atoms with Gasteiger partial charge in [0.15, 0.2) is 6.61 Å². The van der Waals surface area contributed by atoms with E-state index in [-0.39, 0.29) is 23.2 Å². The number of anilines is 1. The van der Waals surface area contributed by atoms with E-state index in [2.05, 4.69) is 15.5 Å². The molecule has 2 aromatic carbocycles. The van der Waals surface area contributed by atoms with Gasteiger partial charge in [0, 0.05) is 11.1 Å². The standard InChI is InChI=1S/C18H15ClF3N3O3/c1-26-14-5-3-2-4-12(14)17-24-16(28-25-17)9-23-13-7-6-11(19)8-15(13)27-10-18(20,21)22/h2-8,23H,9-10H2,1H3. The molecule has 0 saturated heterocycles. The lowest BCUT2D eigenvalue weighted by atomic mass is 10.2. The summed E-state index contributed by atoms with van der Waals surface area (Å²) in [5, 5.41) is 7.06. The Kier molecular flexibility index (Phi) is 5.93. The molecule has 0 aliphatic carbocycles. The van der Waals surface area contributed by atoms with Crippen molar-refractivity contribution in [3.63, 3.8) is 0 Å². The minimum Gasteiger partial charge on any atom is -0.496 e. The van der Waals surface area contributed by atoms with Gasteiger partial charge in [0.1, 0.15) is 11.5 Å². The first-order valence-electron chi connectivity index (χ1n) is 8.04. The van der Waals surface area contributed by atoms with Crippen molar-refractivity contribution in [1.82, 2.24) is 10.1 Å². The topological polar surface area (TPSA) is 69.4 Å². The zero-order valence-electron chi connectivity index (χ0n) is 14.6.